The molecule has 90 valence electrons. The zero-order valence-corrected chi connectivity index (χ0v) is 11.9. The molecule has 1 aliphatic heterocycles. The first-order chi connectivity index (χ1) is 7.93. The summed E-state index contributed by atoms with van der Waals surface area (Å²) in [5.74, 6) is -0.363. The minimum atomic E-state index is -2.46. The number of azide groups is 1. The van der Waals surface area contributed by atoms with Gasteiger partial charge in [0.1, 0.15) is 0 Å². The zero-order valence-electron chi connectivity index (χ0n) is 9.77. The molecule has 1 heterocycles. The summed E-state index contributed by atoms with van der Waals surface area (Å²) in [7, 11) is 0. The van der Waals surface area contributed by atoms with Crippen LogP contribution in [0.2, 0.25) is 0 Å². The Hall–Kier alpha value is -1.27. The minimum absolute atomic E-state index is 0.00115. The van der Waals surface area contributed by atoms with Crippen molar-refractivity contribution in [3.05, 3.63) is 43.3 Å². The van der Waals surface area contributed by atoms with Gasteiger partial charge in [0, 0.05) is 0 Å². The fourth-order valence-electron chi connectivity index (χ4n) is 1.52. The van der Waals surface area contributed by atoms with Gasteiger partial charge in [-0.15, -0.1) is 0 Å². The maximum atomic E-state index is 11.5. The maximum absolute atomic E-state index is 11.5. The molecule has 0 fully saturated rings. The molecule has 0 aliphatic carbocycles. The van der Waals surface area contributed by atoms with Crippen LogP contribution in [0.15, 0.2) is 21.5 Å². The molecule has 6 heteroatoms. The standard InChI is InChI=1S/C11H12IN3O2/c1-11(2,3)7-4-5-8-9(6-7)12(14-15-13)17-10(8)16/h4-6H,1-3H3. The Morgan fingerprint density at radius 3 is 2.71 bits per heavy atom. The summed E-state index contributed by atoms with van der Waals surface area (Å²) in [4.78, 5) is 14.3. The predicted octanol–water partition coefficient (Wildman–Crippen LogP) is 3.97. The molecular formula is C11H12IN3O2. The molecule has 1 aromatic rings. The molecule has 0 saturated heterocycles. The molecule has 17 heavy (non-hydrogen) atoms. The third-order valence-electron chi connectivity index (χ3n) is 2.47. The number of halogens is 1. The number of nitrogens with zero attached hydrogens (tertiary/aromatic N) is 3. The van der Waals surface area contributed by atoms with Crippen LogP contribution in [0.4, 0.5) is 0 Å². The van der Waals surface area contributed by atoms with E-state index in [4.69, 9.17) is 8.60 Å². The molecule has 5 nitrogen and oxygen atoms in total. The number of carbonyl (C=O) groups is 1. The van der Waals surface area contributed by atoms with Crippen molar-refractivity contribution >= 4 is 26.5 Å². The van der Waals surface area contributed by atoms with Crippen LogP contribution in [0.5, 0.6) is 0 Å². The zero-order chi connectivity index (χ0) is 12.6. The molecule has 0 radical (unpaired) electrons. The summed E-state index contributed by atoms with van der Waals surface area (Å²) in [5, 5.41) is 0. The first kappa shape index (κ1) is 12.2. The second kappa shape index (κ2) is 4.19. The SMILES string of the molecule is CC(C)(C)c1ccc2c(c1)I(N=[N+]=[N-])OC2=O. The Balaban J connectivity index is 2.54. The second-order valence-corrected chi connectivity index (χ2v) is 8.06. The Kier molecular flexibility index (Phi) is 3.01. The van der Waals surface area contributed by atoms with Crippen molar-refractivity contribution in [1.82, 2.24) is 0 Å². The van der Waals surface area contributed by atoms with Crippen LogP contribution in [0, 0.1) is 3.57 Å². The molecule has 0 spiro atoms. The van der Waals surface area contributed by atoms with E-state index in [0.717, 1.165) is 9.13 Å². The molecule has 0 bridgehead atoms. The normalized spacial score (nSPS) is 16.2. The van der Waals surface area contributed by atoms with Crippen LogP contribution in [0.1, 0.15) is 36.7 Å². The van der Waals surface area contributed by atoms with Gasteiger partial charge in [-0.1, -0.05) is 0 Å². The second-order valence-electron chi connectivity index (χ2n) is 4.70. The quantitative estimate of drug-likeness (QED) is 0.334. The molecular weight excluding hydrogens is 333 g/mol. The molecule has 1 aliphatic rings. The first-order valence-corrected chi connectivity index (χ1v) is 7.98. The topological polar surface area (TPSA) is 75.1 Å². The van der Waals surface area contributed by atoms with Gasteiger partial charge < -0.3 is 0 Å². The Morgan fingerprint density at radius 2 is 2.12 bits per heavy atom. The van der Waals surface area contributed by atoms with Gasteiger partial charge in [0.05, 0.1) is 0 Å². The number of hydrogen-bond acceptors (Lipinski definition) is 3. The molecule has 0 aromatic heterocycles. The van der Waals surface area contributed by atoms with Crippen LogP contribution in [-0.2, 0) is 8.48 Å². The average molecular weight is 345 g/mol. The van der Waals surface area contributed by atoms with Crippen molar-refractivity contribution in [1.29, 1.82) is 0 Å². The van der Waals surface area contributed by atoms with E-state index >= 15 is 0 Å². The number of benzene rings is 1. The van der Waals surface area contributed by atoms with E-state index in [0.29, 0.717) is 5.56 Å². The molecule has 0 saturated carbocycles. The van der Waals surface area contributed by atoms with Crippen LogP contribution in [-0.4, -0.2) is 5.97 Å². The fourth-order valence-corrected chi connectivity index (χ4v) is 4.37. The summed E-state index contributed by atoms with van der Waals surface area (Å²) < 4.78 is 9.58. The van der Waals surface area contributed by atoms with Crippen molar-refractivity contribution in [3.8, 4) is 0 Å². The molecule has 0 N–H and O–H groups in total. The fraction of sp³-hybridized carbons (Fsp3) is 0.364. The van der Waals surface area contributed by atoms with E-state index in [1.54, 1.807) is 6.07 Å². The molecule has 0 amide bonds. The van der Waals surface area contributed by atoms with Gasteiger partial charge >= 0.3 is 107 Å². The van der Waals surface area contributed by atoms with Crippen molar-refractivity contribution < 1.29 is 7.86 Å². The van der Waals surface area contributed by atoms with Gasteiger partial charge in [-0.2, -0.15) is 0 Å². The van der Waals surface area contributed by atoms with E-state index in [9.17, 15) is 4.79 Å². The number of hydrogen-bond donors (Lipinski definition) is 0. The summed E-state index contributed by atoms with van der Waals surface area (Å²) in [6.07, 6.45) is 0. The molecule has 0 atom stereocenters. The Bertz CT molecular complexity index is 530. The van der Waals surface area contributed by atoms with Gasteiger partial charge in [0.2, 0.25) is 0 Å². The summed E-state index contributed by atoms with van der Waals surface area (Å²) in [6, 6.07) is 5.64. The third kappa shape index (κ3) is 2.23. The summed E-state index contributed by atoms with van der Waals surface area (Å²) in [6.45, 7) is 6.29. The Morgan fingerprint density at radius 1 is 1.41 bits per heavy atom. The average Bonchev–Trinajstić information content (AvgIpc) is 2.55. The monoisotopic (exact) mass is 345 g/mol. The van der Waals surface area contributed by atoms with E-state index in [1.807, 2.05) is 12.1 Å². The summed E-state index contributed by atoms with van der Waals surface area (Å²) >= 11 is -2.46. The van der Waals surface area contributed by atoms with Gasteiger partial charge in [-0.05, 0) is 0 Å². The predicted molar refractivity (Wildman–Crippen MR) is 72.4 cm³/mol. The Labute approximate surface area is 107 Å². The van der Waals surface area contributed by atoms with E-state index in [-0.39, 0.29) is 11.4 Å². The van der Waals surface area contributed by atoms with Gasteiger partial charge in [0.15, 0.2) is 0 Å². The van der Waals surface area contributed by atoms with E-state index < -0.39 is 20.5 Å². The van der Waals surface area contributed by atoms with Gasteiger partial charge in [0.25, 0.3) is 0 Å². The number of carbonyl (C=O) groups excluding carboxylic acids is 1. The van der Waals surface area contributed by atoms with Crippen molar-refractivity contribution in [2.24, 2.45) is 3.33 Å². The van der Waals surface area contributed by atoms with Crippen molar-refractivity contribution in [2.75, 3.05) is 0 Å². The van der Waals surface area contributed by atoms with Gasteiger partial charge in [-0.3, -0.25) is 0 Å². The first-order valence-electron chi connectivity index (χ1n) is 5.06. The van der Waals surface area contributed by atoms with Crippen LogP contribution in [0.3, 0.4) is 0 Å². The van der Waals surface area contributed by atoms with Crippen molar-refractivity contribution in [2.45, 2.75) is 26.2 Å². The molecule has 0 unspecified atom stereocenters. The van der Waals surface area contributed by atoms with E-state index in [2.05, 4.69) is 29.0 Å². The number of fused-ring (bicyclic) bond motifs is 1. The third-order valence-corrected chi connectivity index (χ3v) is 5.76. The molecule has 1 aromatic carbocycles. The molecule has 2 rings (SSSR count). The van der Waals surface area contributed by atoms with E-state index in [1.165, 1.54) is 0 Å². The van der Waals surface area contributed by atoms with Crippen LogP contribution < -0.4 is 0 Å². The van der Waals surface area contributed by atoms with Crippen molar-refractivity contribution in [3.63, 3.8) is 0 Å². The summed E-state index contributed by atoms with van der Waals surface area (Å²) in [5.41, 5.74) is 10.1. The van der Waals surface area contributed by atoms with Crippen LogP contribution in [0.25, 0.3) is 10.4 Å². The van der Waals surface area contributed by atoms with Gasteiger partial charge in [-0.25, -0.2) is 0 Å². The van der Waals surface area contributed by atoms with Crippen LogP contribution >= 0.6 is 20.5 Å². The number of rotatable bonds is 1.